The van der Waals surface area contributed by atoms with Crippen LogP contribution in [0.4, 0.5) is 5.69 Å². The first kappa shape index (κ1) is 15.9. The van der Waals surface area contributed by atoms with Crippen molar-refractivity contribution in [2.45, 2.75) is 19.9 Å². The average Bonchev–Trinajstić information content (AvgIpc) is 2.36. The highest BCUT2D eigenvalue weighted by Crippen LogP contribution is 2.25. The summed E-state index contributed by atoms with van der Waals surface area (Å²) >= 11 is 5.70. The Hall–Kier alpha value is -2.15. The number of benzene rings is 1. The molecule has 108 valence electrons. The molecule has 1 aromatic rings. The molecule has 0 heterocycles. The summed E-state index contributed by atoms with van der Waals surface area (Å²) in [5, 5.41) is 21.8. The van der Waals surface area contributed by atoms with Crippen molar-refractivity contribution in [2.24, 2.45) is 5.92 Å². The standard InChI is InChI=1S/C12H13ClN2O5/c1-6(12(17)18)7(2)14-11(16)8-3-4-10(15(19)20)9(13)5-8/h3-7H,1-2H3,(H,14,16)(H,17,18). The zero-order valence-electron chi connectivity index (χ0n) is 10.8. The number of nitrogens with zero attached hydrogens (tertiary/aromatic N) is 1. The number of carboxylic acid groups (broad SMARTS) is 1. The number of carboxylic acids is 1. The van der Waals surface area contributed by atoms with Crippen molar-refractivity contribution in [1.82, 2.24) is 5.32 Å². The fourth-order valence-corrected chi connectivity index (χ4v) is 1.67. The summed E-state index contributed by atoms with van der Waals surface area (Å²) in [6.07, 6.45) is 0. The van der Waals surface area contributed by atoms with Gasteiger partial charge in [0.2, 0.25) is 0 Å². The Kier molecular flexibility index (Phi) is 5.04. The number of carbonyl (C=O) groups excluding carboxylic acids is 1. The van der Waals surface area contributed by atoms with Gasteiger partial charge in [-0.3, -0.25) is 19.7 Å². The maximum atomic E-state index is 11.9. The third kappa shape index (κ3) is 3.67. The number of carbonyl (C=O) groups is 2. The van der Waals surface area contributed by atoms with Gasteiger partial charge in [0, 0.05) is 17.7 Å². The van der Waals surface area contributed by atoms with E-state index in [4.69, 9.17) is 16.7 Å². The molecule has 0 aliphatic carbocycles. The Morgan fingerprint density at radius 1 is 1.40 bits per heavy atom. The summed E-state index contributed by atoms with van der Waals surface area (Å²) in [5.74, 6) is -2.32. The van der Waals surface area contributed by atoms with Crippen LogP contribution in [0.25, 0.3) is 0 Å². The Morgan fingerprint density at radius 2 is 2.00 bits per heavy atom. The number of nitro benzene ring substituents is 1. The predicted molar refractivity (Wildman–Crippen MR) is 71.8 cm³/mol. The van der Waals surface area contributed by atoms with Crippen LogP contribution >= 0.6 is 11.6 Å². The van der Waals surface area contributed by atoms with E-state index in [0.717, 1.165) is 6.07 Å². The van der Waals surface area contributed by atoms with E-state index >= 15 is 0 Å². The minimum absolute atomic E-state index is 0.130. The number of hydrogen-bond acceptors (Lipinski definition) is 4. The number of hydrogen-bond donors (Lipinski definition) is 2. The van der Waals surface area contributed by atoms with E-state index in [1.54, 1.807) is 6.92 Å². The molecule has 0 radical (unpaired) electrons. The van der Waals surface area contributed by atoms with E-state index in [0.29, 0.717) is 0 Å². The molecule has 2 unspecified atom stereocenters. The van der Waals surface area contributed by atoms with Gasteiger partial charge in [0.05, 0.1) is 10.8 Å². The molecule has 0 aliphatic rings. The van der Waals surface area contributed by atoms with Gasteiger partial charge in [-0.25, -0.2) is 0 Å². The Labute approximate surface area is 119 Å². The van der Waals surface area contributed by atoms with Crippen LogP contribution in [0.15, 0.2) is 18.2 Å². The Bertz CT molecular complexity index is 561. The third-order valence-corrected chi connectivity index (χ3v) is 3.21. The molecule has 0 aliphatic heterocycles. The largest absolute Gasteiger partial charge is 0.481 e. The normalized spacial score (nSPS) is 13.3. The lowest BCUT2D eigenvalue weighted by Gasteiger charge is -2.17. The van der Waals surface area contributed by atoms with Crippen LogP contribution < -0.4 is 5.32 Å². The van der Waals surface area contributed by atoms with Crippen molar-refractivity contribution >= 4 is 29.2 Å². The first-order valence-electron chi connectivity index (χ1n) is 5.71. The molecule has 0 saturated carbocycles. The van der Waals surface area contributed by atoms with Crippen molar-refractivity contribution in [2.75, 3.05) is 0 Å². The highest BCUT2D eigenvalue weighted by Gasteiger charge is 2.22. The van der Waals surface area contributed by atoms with Gasteiger partial charge in [-0.2, -0.15) is 0 Å². The number of amides is 1. The number of nitro groups is 1. The minimum Gasteiger partial charge on any atom is -0.481 e. The summed E-state index contributed by atoms with van der Waals surface area (Å²) in [4.78, 5) is 32.6. The molecule has 0 fully saturated rings. The second kappa shape index (κ2) is 6.33. The number of aliphatic carboxylic acids is 1. The van der Waals surface area contributed by atoms with Crippen LogP contribution in [0, 0.1) is 16.0 Å². The molecule has 1 aromatic carbocycles. The first-order valence-corrected chi connectivity index (χ1v) is 6.09. The highest BCUT2D eigenvalue weighted by molar-refractivity contribution is 6.33. The van der Waals surface area contributed by atoms with Crippen LogP contribution in [0.3, 0.4) is 0 Å². The predicted octanol–water partition coefficient (Wildman–Crippen LogP) is 2.09. The van der Waals surface area contributed by atoms with Crippen LogP contribution in [-0.4, -0.2) is 27.9 Å². The maximum absolute atomic E-state index is 11.9. The van der Waals surface area contributed by atoms with Crippen LogP contribution in [0.1, 0.15) is 24.2 Å². The summed E-state index contributed by atoms with van der Waals surface area (Å²) in [7, 11) is 0. The lowest BCUT2D eigenvalue weighted by Crippen LogP contribution is -2.40. The summed E-state index contributed by atoms with van der Waals surface area (Å²) < 4.78 is 0. The molecule has 2 N–H and O–H groups in total. The van der Waals surface area contributed by atoms with Crippen molar-refractivity contribution in [3.8, 4) is 0 Å². The monoisotopic (exact) mass is 300 g/mol. The molecule has 0 spiro atoms. The summed E-state index contributed by atoms with van der Waals surface area (Å²) in [6, 6.07) is 2.97. The van der Waals surface area contributed by atoms with Gasteiger partial charge in [-0.05, 0) is 26.0 Å². The molecule has 0 aromatic heterocycles. The topological polar surface area (TPSA) is 110 Å². The molecular weight excluding hydrogens is 288 g/mol. The van der Waals surface area contributed by atoms with E-state index < -0.39 is 28.8 Å². The molecule has 7 nitrogen and oxygen atoms in total. The Balaban J connectivity index is 2.86. The average molecular weight is 301 g/mol. The fraction of sp³-hybridized carbons (Fsp3) is 0.333. The smallest absolute Gasteiger partial charge is 0.308 e. The summed E-state index contributed by atoms with van der Waals surface area (Å²) in [6.45, 7) is 3.03. The second-order valence-corrected chi connectivity index (χ2v) is 4.72. The fourth-order valence-electron chi connectivity index (χ4n) is 1.43. The van der Waals surface area contributed by atoms with Gasteiger partial charge >= 0.3 is 5.97 Å². The van der Waals surface area contributed by atoms with E-state index in [2.05, 4.69) is 5.32 Å². The van der Waals surface area contributed by atoms with Crippen LogP contribution in [-0.2, 0) is 4.79 Å². The molecule has 1 amide bonds. The maximum Gasteiger partial charge on any atom is 0.308 e. The SMILES string of the molecule is CC(NC(=O)c1ccc([N+](=O)[O-])c(Cl)c1)C(C)C(=O)O. The second-order valence-electron chi connectivity index (χ2n) is 4.31. The molecular formula is C12H13ClN2O5. The zero-order valence-corrected chi connectivity index (χ0v) is 11.5. The van der Waals surface area contributed by atoms with Gasteiger partial charge in [0.1, 0.15) is 5.02 Å². The van der Waals surface area contributed by atoms with E-state index in [-0.39, 0.29) is 16.3 Å². The van der Waals surface area contributed by atoms with Gasteiger partial charge in [-0.15, -0.1) is 0 Å². The van der Waals surface area contributed by atoms with E-state index in [1.165, 1.54) is 19.1 Å². The van der Waals surface area contributed by atoms with Gasteiger partial charge in [0.15, 0.2) is 0 Å². The number of rotatable bonds is 5. The highest BCUT2D eigenvalue weighted by atomic mass is 35.5. The van der Waals surface area contributed by atoms with Crippen molar-refractivity contribution < 1.29 is 19.6 Å². The number of halogens is 1. The minimum atomic E-state index is -1.03. The van der Waals surface area contributed by atoms with Gasteiger partial charge in [0.25, 0.3) is 11.6 Å². The van der Waals surface area contributed by atoms with Crippen molar-refractivity contribution in [3.63, 3.8) is 0 Å². The first-order chi connectivity index (χ1) is 9.23. The van der Waals surface area contributed by atoms with Crippen LogP contribution in [0.2, 0.25) is 5.02 Å². The molecule has 20 heavy (non-hydrogen) atoms. The van der Waals surface area contributed by atoms with E-state index in [9.17, 15) is 19.7 Å². The third-order valence-electron chi connectivity index (χ3n) is 2.90. The van der Waals surface area contributed by atoms with Crippen molar-refractivity contribution in [1.29, 1.82) is 0 Å². The molecule has 0 bridgehead atoms. The van der Waals surface area contributed by atoms with Crippen molar-refractivity contribution in [3.05, 3.63) is 38.9 Å². The lowest BCUT2D eigenvalue weighted by molar-refractivity contribution is -0.384. The van der Waals surface area contributed by atoms with E-state index in [1.807, 2.05) is 0 Å². The molecule has 2 atom stereocenters. The Morgan fingerprint density at radius 3 is 2.45 bits per heavy atom. The molecule has 1 rings (SSSR count). The zero-order chi connectivity index (χ0) is 15.4. The molecule has 8 heteroatoms. The van der Waals surface area contributed by atoms with Gasteiger partial charge in [-0.1, -0.05) is 11.6 Å². The quantitative estimate of drug-likeness (QED) is 0.639. The number of nitrogens with one attached hydrogen (secondary N) is 1. The lowest BCUT2D eigenvalue weighted by atomic mass is 10.0. The summed E-state index contributed by atoms with van der Waals surface area (Å²) in [5.41, 5.74) is -0.166. The van der Waals surface area contributed by atoms with Crippen LogP contribution in [0.5, 0.6) is 0 Å². The van der Waals surface area contributed by atoms with Gasteiger partial charge < -0.3 is 10.4 Å². The molecule has 0 saturated heterocycles.